The van der Waals surface area contributed by atoms with E-state index in [2.05, 4.69) is 10.1 Å². The van der Waals surface area contributed by atoms with Gasteiger partial charge in [-0.3, -0.25) is 0 Å². The minimum Gasteiger partial charge on any atom is -0.497 e. The highest BCUT2D eigenvalue weighted by atomic mass is 16.5. The first kappa shape index (κ1) is 16.5. The van der Waals surface area contributed by atoms with Crippen molar-refractivity contribution in [3.63, 3.8) is 0 Å². The average Bonchev–Trinajstić information content (AvgIpc) is 3.13. The Labute approximate surface area is 135 Å². The number of hydrogen-bond donors (Lipinski definition) is 0. The lowest BCUT2D eigenvalue weighted by Gasteiger charge is -1.99. The molecule has 1 heterocycles. The zero-order valence-electron chi connectivity index (χ0n) is 13.7. The maximum Gasteiger partial charge on any atom is 0.258 e. The number of ether oxygens (including phenoxy) is 2. The monoisotopic (exact) mass is 312 g/mol. The van der Waals surface area contributed by atoms with Gasteiger partial charge in [0.15, 0.2) is 0 Å². The fourth-order valence-corrected chi connectivity index (χ4v) is 1.93. The Balaban J connectivity index is 0.000000924. The summed E-state index contributed by atoms with van der Waals surface area (Å²) in [4.78, 5) is 4.40. The van der Waals surface area contributed by atoms with E-state index in [0.29, 0.717) is 11.7 Å². The number of benzene rings is 2. The van der Waals surface area contributed by atoms with Crippen molar-refractivity contribution in [3.8, 4) is 34.3 Å². The van der Waals surface area contributed by atoms with E-state index in [-0.39, 0.29) is 0 Å². The van der Waals surface area contributed by atoms with Crippen molar-refractivity contribution in [2.75, 3.05) is 14.2 Å². The average molecular weight is 312 g/mol. The molecule has 0 saturated carbocycles. The van der Waals surface area contributed by atoms with Crippen molar-refractivity contribution >= 4 is 0 Å². The predicted octanol–water partition coefficient (Wildman–Crippen LogP) is 4.45. The first-order chi connectivity index (χ1) is 11.3. The second-order valence-electron chi connectivity index (χ2n) is 4.38. The van der Waals surface area contributed by atoms with Gasteiger partial charge >= 0.3 is 0 Å². The topological polar surface area (TPSA) is 57.4 Å². The fraction of sp³-hybridized carbons (Fsp3) is 0.222. The molecule has 0 N–H and O–H groups in total. The molecule has 0 radical (unpaired) electrons. The van der Waals surface area contributed by atoms with Crippen molar-refractivity contribution in [2.24, 2.45) is 0 Å². The zero-order valence-corrected chi connectivity index (χ0v) is 13.7. The van der Waals surface area contributed by atoms with E-state index in [4.69, 9.17) is 14.0 Å². The Hall–Kier alpha value is -2.82. The van der Waals surface area contributed by atoms with Crippen molar-refractivity contribution < 1.29 is 14.0 Å². The zero-order chi connectivity index (χ0) is 16.7. The second-order valence-corrected chi connectivity index (χ2v) is 4.38. The lowest BCUT2D eigenvalue weighted by Crippen LogP contribution is -1.85. The SMILES string of the molecule is CC.COc1ccc(-c2noc(-c3ccc(OC)cc3)n2)cc1. The molecule has 0 atom stereocenters. The van der Waals surface area contributed by atoms with Crippen LogP contribution in [0, 0.1) is 0 Å². The lowest BCUT2D eigenvalue weighted by molar-refractivity contribution is 0.414. The molecule has 0 saturated heterocycles. The molecular formula is C18H20N2O3. The van der Waals surface area contributed by atoms with E-state index in [9.17, 15) is 0 Å². The van der Waals surface area contributed by atoms with Crippen LogP contribution in [0.2, 0.25) is 0 Å². The minimum atomic E-state index is 0.475. The second kappa shape index (κ2) is 7.98. The molecule has 3 rings (SSSR count). The molecule has 0 spiro atoms. The Kier molecular flexibility index (Phi) is 5.74. The molecule has 0 aliphatic rings. The van der Waals surface area contributed by atoms with Crippen LogP contribution in [-0.2, 0) is 0 Å². The number of rotatable bonds is 4. The standard InChI is InChI=1S/C16H14N2O3.C2H6/c1-19-13-7-3-11(4-8-13)15-17-16(21-18-15)12-5-9-14(20-2)10-6-12;1-2/h3-10H,1-2H3;1-2H3. The third kappa shape index (κ3) is 3.88. The molecule has 1 aromatic heterocycles. The lowest BCUT2D eigenvalue weighted by atomic mass is 10.2. The number of nitrogens with zero attached hydrogens (tertiary/aromatic N) is 2. The van der Waals surface area contributed by atoms with Crippen LogP contribution in [0.15, 0.2) is 53.1 Å². The molecule has 5 heteroatoms. The van der Waals surface area contributed by atoms with Crippen LogP contribution in [-0.4, -0.2) is 24.4 Å². The van der Waals surface area contributed by atoms with Gasteiger partial charge in [-0.25, -0.2) is 0 Å². The number of aromatic nitrogens is 2. The summed E-state index contributed by atoms with van der Waals surface area (Å²) in [6.45, 7) is 4.00. The first-order valence-electron chi connectivity index (χ1n) is 7.42. The summed E-state index contributed by atoms with van der Waals surface area (Å²) in [6.07, 6.45) is 0. The highest BCUT2D eigenvalue weighted by Gasteiger charge is 2.10. The maximum absolute atomic E-state index is 5.30. The van der Waals surface area contributed by atoms with Gasteiger partial charge in [0.1, 0.15) is 11.5 Å². The van der Waals surface area contributed by atoms with Crippen LogP contribution in [0.4, 0.5) is 0 Å². The van der Waals surface area contributed by atoms with Crippen molar-refractivity contribution in [3.05, 3.63) is 48.5 Å². The smallest absolute Gasteiger partial charge is 0.258 e. The van der Waals surface area contributed by atoms with Gasteiger partial charge in [0.05, 0.1) is 14.2 Å². The Morgan fingerprint density at radius 1 is 0.739 bits per heavy atom. The molecular weight excluding hydrogens is 292 g/mol. The first-order valence-corrected chi connectivity index (χ1v) is 7.42. The van der Waals surface area contributed by atoms with E-state index < -0.39 is 0 Å². The Morgan fingerprint density at radius 2 is 1.22 bits per heavy atom. The van der Waals surface area contributed by atoms with Gasteiger partial charge in [-0.2, -0.15) is 4.98 Å². The summed E-state index contributed by atoms with van der Waals surface area (Å²) in [5.74, 6) is 2.60. The van der Waals surface area contributed by atoms with Gasteiger partial charge in [-0.05, 0) is 48.5 Å². The van der Waals surface area contributed by atoms with Crippen LogP contribution >= 0.6 is 0 Å². The van der Waals surface area contributed by atoms with Crippen LogP contribution in [0.3, 0.4) is 0 Å². The van der Waals surface area contributed by atoms with E-state index in [1.54, 1.807) is 14.2 Å². The molecule has 0 aliphatic carbocycles. The van der Waals surface area contributed by atoms with Crippen molar-refractivity contribution in [2.45, 2.75) is 13.8 Å². The third-order valence-electron chi connectivity index (χ3n) is 3.11. The Bertz CT molecular complexity index is 657. The predicted molar refractivity (Wildman–Crippen MR) is 89.6 cm³/mol. The summed E-state index contributed by atoms with van der Waals surface area (Å²) in [5, 5.41) is 4.00. The molecule has 0 amide bonds. The number of hydrogen-bond acceptors (Lipinski definition) is 5. The summed E-state index contributed by atoms with van der Waals surface area (Å²) in [7, 11) is 3.26. The summed E-state index contributed by atoms with van der Waals surface area (Å²) in [5.41, 5.74) is 1.72. The molecule has 5 nitrogen and oxygen atoms in total. The molecule has 2 aromatic carbocycles. The fourth-order valence-electron chi connectivity index (χ4n) is 1.93. The van der Waals surface area contributed by atoms with Gasteiger partial charge in [-0.1, -0.05) is 19.0 Å². The highest BCUT2D eigenvalue weighted by molar-refractivity contribution is 5.60. The van der Waals surface area contributed by atoms with Crippen molar-refractivity contribution in [1.82, 2.24) is 10.1 Å². The van der Waals surface area contributed by atoms with Gasteiger partial charge in [0, 0.05) is 11.1 Å². The molecule has 0 unspecified atom stereocenters. The van der Waals surface area contributed by atoms with Gasteiger partial charge in [-0.15, -0.1) is 0 Å². The van der Waals surface area contributed by atoms with Crippen LogP contribution in [0.5, 0.6) is 11.5 Å². The van der Waals surface area contributed by atoms with Crippen molar-refractivity contribution in [1.29, 1.82) is 0 Å². The van der Waals surface area contributed by atoms with E-state index in [1.165, 1.54) is 0 Å². The van der Waals surface area contributed by atoms with Gasteiger partial charge < -0.3 is 14.0 Å². The van der Waals surface area contributed by atoms with Gasteiger partial charge in [0.2, 0.25) is 5.82 Å². The van der Waals surface area contributed by atoms with E-state index in [1.807, 2.05) is 62.4 Å². The van der Waals surface area contributed by atoms with E-state index in [0.717, 1.165) is 22.6 Å². The molecule has 120 valence electrons. The van der Waals surface area contributed by atoms with Crippen LogP contribution in [0.25, 0.3) is 22.8 Å². The maximum atomic E-state index is 5.30. The summed E-state index contributed by atoms with van der Waals surface area (Å²) >= 11 is 0. The molecule has 23 heavy (non-hydrogen) atoms. The normalized spacial score (nSPS) is 9.74. The molecule has 0 aliphatic heterocycles. The quantitative estimate of drug-likeness (QED) is 0.712. The minimum absolute atomic E-state index is 0.475. The summed E-state index contributed by atoms with van der Waals surface area (Å²) in [6, 6.07) is 15.0. The van der Waals surface area contributed by atoms with Gasteiger partial charge in [0.25, 0.3) is 5.89 Å². The highest BCUT2D eigenvalue weighted by Crippen LogP contribution is 2.25. The molecule has 0 bridgehead atoms. The Morgan fingerprint density at radius 3 is 1.70 bits per heavy atom. The largest absolute Gasteiger partial charge is 0.497 e. The van der Waals surface area contributed by atoms with E-state index >= 15 is 0 Å². The third-order valence-corrected chi connectivity index (χ3v) is 3.11. The molecule has 3 aromatic rings. The molecule has 0 fully saturated rings. The number of methoxy groups -OCH3 is 2. The van der Waals surface area contributed by atoms with Crippen LogP contribution < -0.4 is 9.47 Å². The van der Waals surface area contributed by atoms with Crippen LogP contribution in [0.1, 0.15) is 13.8 Å². The summed E-state index contributed by atoms with van der Waals surface area (Å²) < 4.78 is 15.6.